The molecule has 0 radical (unpaired) electrons. The lowest BCUT2D eigenvalue weighted by Gasteiger charge is -2.08. The fourth-order valence-electron chi connectivity index (χ4n) is 2.31. The molecular weight excluding hydrogens is 306 g/mol. The number of ether oxygens (including phenoxy) is 1. The van der Waals surface area contributed by atoms with Crippen molar-refractivity contribution in [1.29, 1.82) is 0 Å². The molecule has 1 heterocycles. The van der Waals surface area contributed by atoms with Crippen LogP contribution in [0.1, 0.15) is 16.1 Å². The first-order valence-electron chi connectivity index (χ1n) is 7.36. The molecule has 0 unspecified atom stereocenters. The lowest BCUT2D eigenvalue weighted by atomic mass is 10.2. The summed E-state index contributed by atoms with van der Waals surface area (Å²) in [5, 5.41) is 10.6. The molecule has 0 saturated heterocycles. The van der Waals surface area contributed by atoms with Gasteiger partial charge in [0.15, 0.2) is 11.5 Å². The van der Waals surface area contributed by atoms with Gasteiger partial charge in [-0.25, -0.2) is 4.68 Å². The van der Waals surface area contributed by atoms with Crippen molar-refractivity contribution in [3.8, 4) is 5.75 Å². The van der Waals surface area contributed by atoms with Gasteiger partial charge in [-0.3, -0.25) is 4.79 Å². The molecule has 0 bridgehead atoms. The highest BCUT2D eigenvalue weighted by Crippen LogP contribution is 2.20. The zero-order valence-corrected chi connectivity index (χ0v) is 13.1. The molecule has 0 fully saturated rings. The fourth-order valence-corrected chi connectivity index (χ4v) is 2.31. The van der Waals surface area contributed by atoms with Crippen LogP contribution in [0.25, 0.3) is 0 Å². The van der Waals surface area contributed by atoms with E-state index in [-0.39, 0.29) is 11.5 Å². The Morgan fingerprint density at radius 3 is 2.62 bits per heavy atom. The summed E-state index contributed by atoms with van der Waals surface area (Å²) < 4.78 is 6.78. The maximum absolute atomic E-state index is 12.3. The van der Waals surface area contributed by atoms with E-state index in [9.17, 15) is 4.79 Å². The van der Waals surface area contributed by atoms with Crippen molar-refractivity contribution in [2.75, 3.05) is 18.2 Å². The monoisotopic (exact) mass is 323 g/mol. The molecule has 3 N–H and O–H groups in total. The van der Waals surface area contributed by atoms with Crippen LogP contribution in [0.5, 0.6) is 5.75 Å². The summed E-state index contributed by atoms with van der Waals surface area (Å²) in [6, 6.07) is 16.6. The number of amides is 1. The van der Waals surface area contributed by atoms with E-state index >= 15 is 0 Å². The van der Waals surface area contributed by atoms with Gasteiger partial charge in [0.05, 0.1) is 13.7 Å². The summed E-state index contributed by atoms with van der Waals surface area (Å²) in [6.07, 6.45) is 0. The second kappa shape index (κ2) is 6.82. The number of hydrogen-bond donors (Lipinski definition) is 2. The van der Waals surface area contributed by atoms with Gasteiger partial charge in [-0.1, -0.05) is 41.6 Å². The average Bonchev–Trinajstić information content (AvgIpc) is 2.97. The number of methoxy groups -OCH3 is 1. The number of carbonyl (C=O) groups is 1. The maximum Gasteiger partial charge on any atom is 0.280 e. The number of nitrogens with one attached hydrogen (secondary N) is 1. The van der Waals surface area contributed by atoms with Gasteiger partial charge < -0.3 is 15.8 Å². The van der Waals surface area contributed by atoms with E-state index < -0.39 is 5.91 Å². The van der Waals surface area contributed by atoms with Crippen molar-refractivity contribution in [2.24, 2.45) is 0 Å². The number of nitrogen functional groups attached to an aromatic ring is 1. The molecule has 1 amide bonds. The Hall–Kier alpha value is -3.35. The van der Waals surface area contributed by atoms with Gasteiger partial charge in [-0.05, 0) is 18.2 Å². The number of para-hydroxylation sites is 2. The zero-order valence-electron chi connectivity index (χ0n) is 13.1. The Morgan fingerprint density at radius 1 is 1.17 bits per heavy atom. The number of hydrogen-bond acceptors (Lipinski definition) is 5. The number of carbonyl (C=O) groups excluding carboxylic acids is 1. The van der Waals surface area contributed by atoms with Gasteiger partial charge >= 0.3 is 0 Å². The van der Waals surface area contributed by atoms with Crippen molar-refractivity contribution in [2.45, 2.75) is 6.54 Å². The van der Waals surface area contributed by atoms with Crippen LogP contribution in [0.2, 0.25) is 0 Å². The van der Waals surface area contributed by atoms with E-state index in [1.54, 1.807) is 19.2 Å². The molecule has 7 heteroatoms. The van der Waals surface area contributed by atoms with Crippen LogP contribution in [0.3, 0.4) is 0 Å². The molecule has 3 aromatic rings. The van der Waals surface area contributed by atoms with E-state index in [4.69, 9.17) is 10.5 Å². The summed E-state index contributed by atoms with van der Waals surface area (Å²) in [4.78, 5) is 12.3. The van der Waals surface area contributed by atoms with Crippen LogP contribution < -0.4 is 15.8 Å². The number of aromatic nitrogens is 3. The van der Waals surface area contributed by atoms with Crippen LogP contribution in [-0.2, 0) is 6.54 Å². The topological polar surface area (TPSA) is 95.1 Å². The third kappa shape index (κ3) is 3.19. The molecular formula is C17H17N5O2. The van der Waals surface area contributed by atoms with E-state index in [2.05, 4.69) is 15.6 Å². The third-order valence-corrected chi connectivity index (χ3v) is 3.53. The van der Waals surface area contributed by atoms with E-state index in [0.717, 1.165) is 11.3 Å². The first-order valence-corrected chi connectivity index (χ1v) is 7.36. The zero-order chi connectivity index (χ0) is 16.9. The first-order chi connectivity index (χ1) is 11.7. The molecule has 0 aliphatic heterocycles. The molecule has 24 heavy (non-hydrogen) atoms. The quantitative estimate of drug-likeness (QED) is 0.750. The van der Waals surface area contributed by atoms with Crippen molar-refractivity contribution < 1.29 is 9.53 Å². The van der Waals surface area contributed by atoms with Gasteiger partial charge in [0, 0.05) is 11.3 Å². The van der Waals surface area contributed by atoms with Gasteiger partial charge in [0.1, 0.15) is 5.75 Å². The highest BCUT2D eigenvalue weighted by atomic mass is 16.5. The number of anilines is 2. The van der Waals surface area contributed by atoms with Gasteiger partial charge in [0.25, 0.3) is 5.91 Å². The lowest BCUT2D eigenvalue weighted by Crippen LogP contribution is -2.15. The average molecular weight is 323 g/mol. The summed E-state index contributed by atoms with van der Waals surface area (Å²) >= 11 is 0. The fraction of sp³-hybridized carbons (Fsp3) is 0.118. The molecule has 3 rings (SSSR count). The summed E-state index contributed by atoms with van der Waals surface area (Å²) in [7, 11) is 1.60. The predicted octanol–water partition coefficient (Wildman–Crippen LogP) is 2.17. The molecule has 1 aromatic heterocycles. The Kier molecular flexibility index (Phi) is 4.42. The van der Waals surface area contributed by atoms with E-state index in [1.807, 2.05) is 42.5 Å². The number of rotatable bonds is 5. The molecule has 2 aromatic carbocycles. The molecule has 0 spiro atoms. The van der Waals surface area contributed by atoms with Crippen LogP contribution in [0.15, 0.2) is 54.6 Å². The van der Waals surface area contributed by atoms with Crippen molar-refractivity contribution in [3.05, 3.63) is 65.9 Å². The standard InChI is InChI=1S/C17H17N5O2/c1-24-14-10-6-5-7-12(14)11-22-16(18)15(20-21-22)17(23)19-13-8-3-2-4-9-13/h2-10H,11,18H2,1H3,(H,19,23). The Balaban J connectivity index is 1.80. The molecule has 0 aliphatic carbocycles. The van der Waals surface area contributed by atoms with Crippen molar-refractivity contribution in [3.63, 3.8) is 0 Å². The van der Waals surface area contributed by atoms with Gasteiger partial charge in [-0.2, -0.15) is 0 Å². The number of nitrogens with two attached hydrogens (primary N) is 1. The van der Waals surface area contributed by atoms with Crippen LogP contribution in [0.4, 0.5) is 11.5 Å². The van der Waals surface area contributed by atoms with Crippen LogP contribution in [-0.4, -0.2) is 28.0 Å². The largest absolute Gasteiger partial charge is 0.496 e. The normalized spacial score (nSPS) is 10.4. The first kappa shape index (κ1) is 15.5. The Bertz CT molecular complexity index is 845. The van der Waals surface area contributed by atoms with Crippen LogP contribution in [0, 0.1) is 0 Å². The highest BCUT2D eigenvalue weighted by molar-refractivity contribution is 6.05. The summed E-state index contributed by atoms with van der Waals surface area (Å²) in [5.41, 5.74) is 7.69. The molecule has 0 atom stereocenters. The minimum Gasteiger partial charge on any atom is -0.496 e. The van der Waals surface area contributed by atoms with Crippen molar-refractivity contribution >= 4 is 17.4 Å². The minimum atomic E-state index is -0.398. The molecule has 0 aliphatic rings. The SMILES string of the molecule is COc1ccccc1Cn1nnc(C(=O)Nc2ccccc2)c1N. The van der Waals surface area contributed by atoms with Crippen LogP contribution >= 0.6 is 0 Å². The second-order valence-electron chi connectivity index (χ2n) is 5.11. The lowest BCUT2D eigenvalue weighted by molar-refractivity contribution is 0.102. The minimum absolute atomic E-state index is 0.0914. The van der Waals surface area contributed by atoms with E-state index in [0.29, 0.717) is 12.2 Å². The number of nitrogens with zero attached hydrogens (tertiary/aromatic N) is 3. The maximum atomic E-state index is 12.3. The third-order valence-electron chi connectivity index (χ3n) is 3.53. The Labute approximate surface area is 139 Å². The van der Waals surface area contributed by atoms with E-state index in [1.165, 1.54) is 4.68 Å². The molecule has 122 valence electrons. The molecule has 7 nitrogen and oxygen atoms in total. The predicted molar refractivity (Wildman–Crippen MR) is 90.9 cm³/mol. The Morgan fingerprint density at radius 2 is 1.88 bits per heavy atom. The van der Waals surface area contributed by atoms with Gasteiger partial charge in [0.2, 0.25) is 0 Å². The van der Waals surface area contributed by atoms with Gasteiger partial charge in [-0.15, -0.1) is 5.10 Å². The highest BCUT2D eigenvalue weighted by Gasteiger charge is 2.18. The number of benzene rings is 2. The molecule has 0 saturated carbocycles. The summed E-state index contributed by atoms with van der Waals surface area (Å²) in [6.45, 7) is 0.363. The second-order valence-corrected chi connectivity index (χ2v) is 5.11. The summed E-state index contributed by atoms with van der Waals surface area (Å²) in [5.74, 6) is 0.530. The van der Waals surface area contributed by atoms with Crippen molar-refractivity contribution in [1.82, 2.24) is 15.0 Å². The smallest absolute Gasteiger partial charge is 0.280 e.